The Labute approximate surface area is 136 Å². The van der Waals surface area contributed by atoms with Crippen molar-refractivity contribution in [1.29, 1.82) is 0 Å². The molecule has 0 bridgehead atoms. The quantitative estimate of drug-likeness (QED) is 0.646. The summed E-state index contributed by atoms with van der Waals surface area (Å²) in [5, 5.41) is 2.73. The third kappa shape index (κ3) is 5.13. The number of benzene rings is 1. The van der Waals surface area contributed by atoms with Crippen molar-refractivity contribution >= 4 is 17.6 Å². The summed E-state index contributed by atoms with van der Waals surface area (Å²) in [7, 11) is 0. The molecule has 1 aliphatic rings. The standard InChI is InChI=1S/C18H23NO4/c1-3-22-16-11-9-15(10-12-16)19-17(20)13(2)23-18(21)14-7-5-4-6-8-14/h4-5,9-14H,3,6-8H2,1-2H3,(H,19,20)/t13-,14+/m0/s1. The number of anilines is 1. The van der Waals surface area contributed by atoms with Gasteiger partial charge in [-0.1, -0.05) is 12.2 Å². The summed E-state index contributed by atoms with van der Waals surface area (Å²) in [5.41, 5.74) is 0.641. The fourth-order valence-electron chi connectivity index (χ4n) is 2.38. The Balaban J connectivity index is 1.84. The van der Waals surface area contributed by atoms with Crippen LogP contribution in [0.25, 0.3) is 0 Å². The van der Waals surface area contributed by atoms with E-state index in [1.807, 2.05) is 13.0 Å². The summed E-state index contributed by atoms with van der Waals surface area (Å²) in [4.78, 5) is 24.1. The van der Waals surface area contributed by atoms with E-state index < -0.39 is 6.10 Å². The van der Waals surface area contributed by atoms with Gasteiger partial charge < -0.3 is 14.8 Å². The minimum atomic E-state index is -0.819. The molecule has 2 rings (SSSR count). The molecule has 0 aliphatic heterocycles. The molecule has 0 spiro atoms. The number of nitrogens with one attached hydrogen (secondary N) is 1. The van der Waals surface area contributed by atoms with Gasteiger partial charge in [-0.15, -0.1) is 0 Å². The van der Waals surface area contributed by atoms with E-state index in [2.05, 4.69) is 11.4 Å². The van der Waals surface area contributed by atoms with E-state index in [0.29, 0.717) is 18.7 Å². The second kappa shape index (κ2) is 8.36. The molecule has 0 radical (unpaired) electrons. The Kier molecular flexibility index (Phi) is 6.20. The fraction of sp³-hybridized carbons (Fsp3) is 0.444. The number of hydrogen-bond acceptors (Lipinski definition) is 4. The van der Waals surface area contributed by atoms with Gasteiger partial charge in [0, 0.05) is 5.69 Å². The topological polar surface area (TPSA) is 64.6 Å². The average Bonchev–Trinajstić information content (AvgIpc) is 2.57. The Bertz CT molecular complexity index is 565. The van der Waals surface area contributed by atoms with Crippen molar-refractivity contribution in [3.05, 3.63) is 36.4 Å². The molecule has 124 valence electrons. The maximum atomic E-state index is 12.1. The van der Waals surface area contributed by atoms with Gasteiger partial charge >= 0.3 is 5.97 Å². The lowest BCUT2D eigenvalue weighted by Crippen LogP contribution is -2.32. The maximum absolute atomic E-state index is 12.1. The minimum Gasteiger partial charge on any atom is -0.494 e. The van der Waals surface area contributed by atoms with Crippen molar-refractivity contribution in [3.63, 3.8) is 0 Å². The molecule has 0 fully saturated rings. The molecule has 0 aromatic heterocycles. The van der Waals surface area contributed by atoms with Crippen LogP contribution < -0.4 is 10.1 Å². The zero-order valence-electron chi connectivity index (χ0n) is 13.6. The minimum absolute atomic E-state index is 0.138. The summed E-state index contributed by atoms with van der Waals surface area (Å²) >= 11 is 0. The van der Waals surface area contributed by atoms with Gasteiger partial charge in [-0.25, -0.2) is 0 Å². The molecule has 1 aromatic rings. The monoisotopic (exact) mass is 317 g/mol. The molecular weight excluding hydrogens is 294 g/mol. The summed E-state index contributed by atoms with van der Waals surface area (Å²) in [6, 6.07) is 7.07. The van der Waals surface area contributed by atoms with E-state index in [0.717, 1.165) is 18.6 Å². The normalized spacial score (nSPS) is 18.1. The zero-order chi connectivity index (χ0) is 16.7. The molecule has 1 amide bonds. The zero-order valence-corrected chi connectivity index (χ0v) is 13.6. The van der Waals surface area contributed by atoms with Gasteiger partial charge in [0.1, 0.15) is 5.75 Å². The van der Waals surface area contributed by atoms with Gasteiger partial charge in [0.2, 0.25) is 0 Å². The number of rotatable bonds is 6. The molecule has 1 aromatic carbocycles. The Morgan fingerprint density at radius 3 is 2.61 bits per heavy atom. The van der Waals surface area contributed by atoms with Gasteiger partial charge in [-0.2, -0.15) is 0 Å². The number of amides is 1. The van der Waals surface area contributed by atoms with Crippen LogP contribution in [-0.4, -0.2) is 24.6 Å². The molecule has 23 heavy (non-hydrogen) atoms. The van der Waals surface area contributed by atoms with Crippen molar-refractivity contribution < 1.29 is 19.1 Å². The van der Waals surface area contributed by atoms with Crippen molar-refractivity contribution in [2.45, 2.75) is 39.2 Å². The largest absolute Gasteiger partial charge is 0.494 e. The molecule has 0 unspecified atom stereocenters. The SMILES string of the molecule is CCOc1ccc(NC(=O)[C@H](C)OC(=O)[C@@H]2CC=CCC2)cc1. The number of hydrogen-bond donors (Lipinski definition) is 1. The van der Waals surface area contributed by atoms with Gasteiger partial charge in [0.05, 0.1) is 12.5 Å². The van der Waals surface area contributed by atoms with E-state index in [4.69, 9.17) is 9.47 Å². The molecule has 2 atom stereocenters. The van der Waals surface area contributed by atoms with E-state index in [-0.39, 0.29) is 17.8 Å². The van der Waals surface area contributed by atoms with Crippen LogP contribution in [0.1, 0.15) is 33.1 Å². The Morgan fingerprint density at radius 1 is 1.26 bits per heavy atom. The van der Waals surface area contributed by atoms with Crippen LogP contribution in [0.15, 0.2) is 36.4 Å². The van der Waals surface area contributed by atoms with Gasteiger partial charge in [-0.3, -0.25) is 9.59 Å². The first-order chi connectivity index (χ1) is 11.1. The number of carbonyl (C=O) groups is 2. The Morgan fingerprint density at radius 2 is 2.00 bits per heavy atom. The summed E-state index contributed by atoms with van der Waals surface area (Å²) in [6.45, 7) is 4.09. The summed E-state index contributed by atoms with van der Waals surface area (Å²) < 4.78 is 10.6. The first kappa shape index (κ1) is 17.1. The van der Waals surface area contributed by atoms with Crippen LogP contribution in [0.2, 0.25) is 0 Å². The number of esters is 1. The molecule has 5 nitrogen and oxygen atoms in total. The van der Waals surface area contributed by atoms with Crippen LogP contribution in [-0.2, 0) is 14.3 Å². The second-order valence-electron chi connectivity index (χ2n) is 5.51. The van der Waals surface area contributed by atoms with Crippen LogP contribution >= 0.6 is 0 Å². The lowest BCUT2D eigenvalue weighted by atomic mass is 9.95. The molecular formula is C18H23NO4. The van der Waals surface area contributed by atoms with Gasteiger partial charge in [0.25, 0.3) is 5.91 Å². The summed E-state index contributed by atoms with van der Waals surface area (Å²) in [5.74, 6) is -0.0337. The molecule has 5 heteroatoms. The van der Waals surface area contributed by atoms with Crippen molar-refractivity contribution in [1.82, 2.24) is 0 Å². The predicted octanol–water partition coefficient (Wildman–Crippen LogP) is 3.31. The number of ether oxygens (including phenoxy) is 2. The van der Waals surface area contributed by atoms with Gasteiger partial charge in [-0.05, 0) is 57.4 Å². The summed E-state index contributed by atoms with van der Waals surface area (Å²) in [6.07, 6.45) is 5.58. The number of carbonyl (C=O) groups excluding carboxylic acids is 2. The second-order valence-corrected chi connectivity index (χ2v) is 5.51. The molecule has 1 N–H and O–H groups in total. The van der Waals surface area contributed by atoms with Crippen LogP contribution in [0.3, 0.4) is 0 Å². The van der Waals surface area contributed by atoms with Crippen LogP contribution in [0, 0.1) is 5.92 Å². The highest BCUT2D eigenvalue weighted by Crippen LogP contribution is 2.20. The van der Waals surface area contributed by atoms with E-state index in [1.54, 1.807) is 31.2 Å². The molecule has 1 aliphatic carbocycles. The lowest BCUT2D eigenvalue weighted by Gasteiger charge is -2.19. The third-order valence-corrected chi connectivity index (χ3v) is 3.70. The lowest BCUT2D eigenvalue weighted by molar-refractivity contribution is -0.157. The Hall–Kier alpha value is -2.30. The molecule has 0 saturated carbocycles. The first-order valence-electron chi connectivity index (χ1n) is 7.99. The fourth-order valence-corrected chi connectivity index (χ4v) is 2.38. The van der Waals surface area contributed by atoms with E-state index in [9.17, 15) is 9.59 Å². The average molecular weight is 317 g/mol. The maximum Gasteiger partial charge on any atom is 0.310 e. The van der Waals surface area contributed by atoms with E-state index >= 15 is 0 Å². The highest BCUT2D eigenvalue weighted by molar-refractivity contribution is 5.95. The van der Waals surface area contributed by atoms with Crippen molar-refractivity contribution in [2.75, 3.05) is 11.9 Å². The third-order valence-electron chi connectivity index (χ3n) is 3.70. The van der Waals surface area contributed by atoms with Crippen LogP contribution in [0.4, 0.5) is 5.69 Å². The number of allylic oxidation sites excluding steroid dienone is 2. The highest BCUT2D eigenvalue weighted by atomic mass is 16.5. The smallest absolute Gasteiger partial charge is 0.310 e. The van der Waals surface area contributed by atoms with Crippen molar-refractivity contribution in [2.24, 2.45) is 5.92 Å². The predicted molar refractivity (Wildman–Crippen MR) is 88.3 cm³/mol. The molecule has 0 saturated heterocycles. The highest BCUT2D eigenvalue weighted by Gasteiger charge is 2.25. The van der Waals surface area contributed by atoms with E-state index in [1.165, 1.54) is 0 Å². The first-order valence-corrected chi connectivity index (χ1v) is 7.99. The molecule has 0 heterocycles. The van der Waals surface area contributed by atoms with Crippen LogP contribution in [0.5, 0.6) is 5.75 Å². The van der Waals surface area contributed by atoms with Gasteiger partial charge in [0.15, 0.2) is 6.10 Å². The van der Waals surface area contributed by atoms with Crippen molar-refractivity contribution in [3.8, 4) is 5.75 Å².